The lowest BCUT2D eigenvalue weighted by molar-refractivity contribution is 0.159. The van der Waals surface area contributed by atoms with Crippen LogP contribution in [-0.4, -0.2) is 27.9 Å². The molecule has 0 aromatic rings. The van der Waals surface area contributed by atoms with Gasteiger partial charge in [0, 0.05) is 0 Å². The van der Waals surface area contributed by atoms with Gasteiger partial charge in [0.05, 0.1) is 12.6 Å². The molecule has 0 aliphatic heterocycles. The zero-order chi connectivity index (χ0) is 8.15. The number of hydrogen-bond donors (Lipinski definition) is 4. The Morgan fingerprint density at radius 1 is 1.90 bits per heavy atom. The molecule has 0 fully saturated rings. The van der Waals surface area contributed by atoms with Crippen LogP contribution in [0.3, 0.4) is 0 Å². The highest BCUT2D eigenvalue weighted by atomic mass is 32.1. The van der Waals surface area contributed by atoms with Gasteiger partial charge in [-0.3, -0.25) is 10.4 Å². The van der Waals surface area contributed by atoms with Crippen molar-refractivity contribution in [1.82, 2.24) is 10.4 Å². The van der Waals surface area contributed by atoms with E-state index in [9.17, 15) is 0 Å². The van der Waals surface area contributed by atoms with Crippen molar-refractivity contribution >= 4 is 17.3 Å². The Bertz CT molecular complexity index is 118. The minimum absolute atomic E-state index is 0.209. The molecule has 0 saturated heterocycles. The maximum Gasteiger partial charge on any atom is 0.197 e. The number of rotatable bonds is 2. The highest BCUT2D eigenvalue weighted by Crippen LogP contribution is 1.84. The van der Waals surface area contributed by atoms with Gasteiger partial charge in [-0.15, -0.1) is 0 Å². The summed E-state index contributed by atoms with van der Waals surface area (Å²) in [6.07, 6.45) is -0.517. The zero-order valence-corrected chi connectivity index (χ0v) is 6.56. The first-order valence-electron chi connectivity index (χ1n) is 2.78. The molecule has 1 unspecified atom stereocenters. The van der Waals surface area contributed by atoms with E-state index in [4.69, 9.17) is 16.8 Å². The number of aliphatic hydroxyl groups is 1. The highest BCUT2D eigenvalue weighted by molar-refractivity contribution is 7.80. The molecule has 0 amide bonds. The molecule has 60 valence electrons. The number of nitrogens with one attached hydrogen (secondary N) is 1. The van der Waals surface area contributed by atoms with Crippen molar-refractivity contribution in [3.8, 4) is 0 Å². The number of thiocarbonyl (C=S) groups is 1. The zero-order valence-electron chi connectivity index (χ0n) is 5.74. The average molecular weight is 164 g/mol. The third-order valence-electron chi connectivity index (χ3n) is 0.845. The van der Waals surface area contributed by atoms with Crippen molar-refractivity contribution in [3.63, 3.8) is 0 Å². The number of nitrogens with two attached hydrogens (primary N) is 2. The lowest BCUT2D eigenvalue weighted by Crippen LogP contribution is -2.49. The summed E-state index contributed by atoms with van der Waals surface area (Å²) in [5, 5.41) is 10.2. The minimum Gasteiger partial charge on any atom is -0.392 e. The molecule has 0 aliphatic carbocycles. The van der Waals surface area contributed by atoms with Crippen LogP contribution in [0, 0.1) is 0 Å². The Hall–Kier alpha value is -0.430. The van der Waals surface area contributed by atoms with Gasteiger partial charge in [0.2, 0.25) is 0 Å². The molecule has 0 radical (unpaired) electrons. The van der Waals surface area contributed by atoms with Crippen LogP contribution in [0.25, 0.3) is 0 Å². The number of nitrogens with zero attached hydrogens (tertiary/aromatic N) is 1. The van der Waals surface area contributed by atoms with Crippen molar-refractivity contribution in [2.75, 3.05) is 6.54 Å². The third kappa shape index (κ3) is 3.57. The molecule has 0 aromatic heterocycles. The van der Waals surface area contributed by atoms with Crippen molar-refractivity contribution in [2.24, 2.45) is 11.7 Å². The van der Waals surface area contributed by atoms with Gasteiger partial charge in [-0.1, -0.05) is 0 Å². The summed E-state index contributed by atoms with van der Waals surface area (Å²) < 4.78 is 0. The monoisotopic (exact) mass is 164 g/mol. The highest BCUT2D eigenvalue weighted by Gasteiger charge is 2.04. The van der Waals surface area contributed by atoms with Crippen molar-refractivity contribution in [3.05, 3.63) is 0 Å². The summed E-state index contributed by atoms with van der Waals surface area (Å²) in [6.45, 7) is 1.88. The van der Waals surface area contributed by atoms with E-state index in [1.165, 1.54) is 5.01 Å². The van der Waals surface area contributed by atoms with Gasteiger partial charge in [-0.05, 0) is 19.1 Å². The van der Waals surface area contributed by atoms with Gasteiger partial charge in [0.15, 0.2) is 5.11 Å². The molecule has 5 nitrogen and oxygen atoms in total. The van der Waals surface area contributed by atoms with Gasteiger partial charge < -0.3 is 5.11 Å². The van der Waals surface area contributed by atoms with Crippen LogP contribution in [0.4, 0.5) is 0 Å². The fourth-order valence-electron chi connectivity index (χ4n) is 0.450. The van der Waals surface area contributed by atoms with Crippen molar-refractivity contribution in [2.45, 2.75) is 13.0 Å². The maximum atomic E-state index is 8.82. The van der Waals surface area contributed by atoms with Crippen molar-refractivity contribution in [1.29, 1.82) is 0 Å². The quantitative estimate of drug-likeness (QED) is 0.221. The number of aliphatic hydroxyl groups excluding tert-OH is 1. The van der Waals surface area contributed by atoms with Gasteiger partial charge in [-0.25, -0.2) is 11.7 Å². The molecular weight excluding hydrogens is 152 g/mol. The lowest BCUT2D eigenvalue weighted by Gasteiger charge is -2.19. The van der Waals surface area contributed by atoms with Crippen LogP contribution in [-0.2, 0) is 0 Å². The summed E-state index contributed by atoms with van der Waals surface area (Å²) >= 11 is 4.65. The normalized spacial score (nSPS) is 12.4. The van der Waals surface area contributed by atoms with Crippen LogP contribution in [0.15, 0.2) is 0 Å². The van der Waals surface area contributed by atoms with E-state index >= 15 is 0 Å². The number of hydrogen-bond acceptors (Lipinski definition) is 4. The molecule has 0 rings (SSSR count). The lowest BCUT2D eigenvalue weighted by atomic mass is 10.4. The molecule has 0 bridgehead atoms. The summed E-state index contributed by atoms with van der Waals surface area (Å²) in [4.78, 5) is 0. The molecule has 0 heterocycles. The van der Waals surface area contributed by atoms with E-state index < -0.39 is 6.10 Å². The SMILES string of the molecule is CC(O)CN(N)C(=S)NN. The molecule has 1 atom stereocenters. The van der Waals surface area contributed by atoms with E-state index in [-0.39, 0.29) is 11.7 Å². The second kappa shape index (κ2) is 4.40. The van der Waals surface area contributed by atoms with Gasteiger partial charge in [-0.2, -0.15) is 0 Å². The average Bonchev–Trinajstić information content (AvgIpc) is 1.85. The second-order valence-electron chi connectivity index (χ2n) is 1.95. The molecule has 0 aliphatic rings. The van der Waals surface area contributed by atoms with E-state index in [1.54, 1.807) is 6.92 Å². The van der Waals surface area contributed by atoms with E-state index in [0.717, 1.165) is 0 Å². The van der Waals surface area contributed by atoms with Crippen LogP contribution < -0.4 is 17.1 Å². The summed E-state index contributed by atoms with van der Waals surface area (Å²) in [5.41, 5.74) is 2.19. The largest absolute Gasteiger partial charge is 0.392 e. The topological polar surface area (TPSA) is 87.5 Å². The Morgan fingerprint density at radius 2 is 2.40 bits per heavy atom. The first kappa shape index (κ1) is 9.57. The Balaban J connectivity index is 3.61. The molecule has 6 N–H and O–H groups in total. The molecule has 6 heteroatoms. The van der Waals surface area contributed by atoms with Crippen LogP contribution in [0.2, 0.25) is 0 Å². The minimum atomic E-state index is -0.517. The molecule has 0 saturated carbocycles. The van der Waals surface area contributed by atoms with Crippen LogP contribution >= 0.6 is 12.2 Å². The first-order valence-corrected chi connectivity index (χ1v) is 3.19. The van der Waals surface area contributed by atoms with E-state index in [0.29, 0.717) is 0 Å². The van der Waals surface area contributed by atoms with Crippen LogP contribution in [0.5, 0.6) is 0 Å². The molecule has 10 heavy (non-hydrogen) atoms. The van der Waals surface area contributed by atoms with E-state index in [1.807, 2.05) is 0 Å². The maximum absolute atomic E-state index is 8.82. The predicted octanol–water partition coefficient (Wildman–Crippen LogP) is -1.71. The van der Waals surface area contributed by atoms with E-state index in [2.05, 4.69) is 17.6 Å². The standard InChI is InChI=1S/C4H12N4OS/c1-3(9)2-8(6)4(10)7-5/h3,9H,2,5-6H2,1H3,(H,7,10). The Kier molecular flexibility index (Phi) is 4.21. The summed E-state index contributed by atoms with van der Waals surface area (Å²) in [5.74, 6) is 10.3. The smallest absolute Gasteiger partial charge is 0.197 e. The van der Waals surface area contributed by atoms with Crippen LogP contribution in [0.1, 0.15) is 6.92 Å². The number of hydrazine groups is 2. The van der Waals surface area contributed by atoms with Gasteiger partial charge in [0.1, 0.15) is 0 Å². The third-order valence-corrected chi connectivity index (χ3v) is 1.20. The molecule has 0 aromatic carbocycles. The second-order valence-corrected chi connectivity index (χ2v) is 2.34. The predicted molar refractivity (Wildman–Crippen MR) is 42.5 cm³/mol. The fraction of sp³-hybridized carbons (Fsp3) is 0.750. The van der Waals surface area contributed by atoms with Gasteiger partial charge in [0.25, 0.3) is 0 Å². The Labute approximate surface area is 64.9 Å². The molecule has 0 spiro atoms. The summed E-state index contributed by atoms with van der Waals surface area (Å²) in [6, 6.07) is 0. The molecular formula is C4H12N4OS. The fourth-order valence-corrected chi connectivity index (χ4v) is 0.525. The van der Waals surface area contributed by atoms with Gasteiger partial charge >= 0.3 is 0 Å². The summed E-state index contributed by atoms with van der Waals surface area (Å²) in [7, 11) is 0. The first-order chi connectivity index (χ1) is 4.57. The Morgan fingerprint density at radius 3 is 2.70 bits per heavy atom. The van der Waals surface area contributed by atoms with Crippen molar-refractivity contribution < 1.29 is 5.11 Å².